The van der Waals surface area contributed by atoms with Crippen molar-refractivity contribution in [2.75, 3.05) is 0 Å². The van der Waals surface area contributed by atoms with E-state index in [-0.39, 0.29) is 0 Å². The normalized spacial score (nSPS) is 12.9. The van der Waals surface area contributed by atoms with Gasteiger partial charge in [-0.3, -0.25) is 4.79 Å². The molecule has 17 heavy (non-hydrogen) atoms. The molecule has 0 aliphatic carbocycles. The second-order valence-electron chi connectivity index (χ2n) is 4.43. The van der Waals surface area contributed by atoms with E-state index in [1.165, 1.54) is 0 Å². The topological polar surface area (TPSA) is 68.2 Å². The molecule has 0 radical (unpaired) electrons. The quantitative estimate of drug-likeness (QED) is 0.830. The average Bonchev–Trinajstić information content (AvgIpc) is 2.61. The molecule has 0 aliphatic rings. The molecule has 2 rings (SSSR count). The van der Waals surface area contributed by atoms with Crippen molar-refractivity contribution >= 4 is 16.9 Å². The third kappa shape index (κ3) is 1.70. The molecule has 0 fully saturated rings. The molecule has 4 nitrogen and oxygen atoms in total. The molecule has 3 N–H and O–H groups in total. The van der Waals surface area contributed by atoms with Crippen LogP contribution in [0.15, 0.2) is 18.3 Å². The van der Waals surface area contributed by atoms with Crippen LogP contribution in [0.3, 0.4) is 0 Å². The number of fused-ring (bicyclic) bond motifs is 1. The first-order chi connectivity index (χ1) is 7.93. The van der Waals surface area contributed by atoms with E-state index < -0.39 is 12.0 Å². The fraction of sp³-hybridized carbons (Fsp3) is 0.308. The van der Waals surface area contributed by atoms with Crippen LogP contribution in [0.5, 0.6) is 0 Å². The lowest BCUT2D eigenvalue weighted by Crippen LogP contribution is -2.20. The first kappa shape index (κ1) is 11.7. The van der Waals surface area contributed by atoms with Gasteiger partial charge in [0, 0.05) is 24.2 Å². The molecule has 1 heterocycles. The van der Waals surface area contributed by atoms with Crippen LogP contribution < -0.4 is 5.73 Å². The minimum absolute atomic E-state index is 0.677. The van der Waals surface area contributed by atoms with Crippen LogP contribution in [-0.4, -0.2) is 15.6 Å². The smallest absolute Gasteiger partial charge is 0.325 e. The first-order valence-electron chi connectivity index (χ1n) is 5.47. The lowest BCUT2D eigenvalue weighted by atomic mass is 10.0. The standard InChI is InChI=1S/C13H16N2O2/c1-7-4-5-8(2)12-10(7)9(6-15(12)3)11(14)13(16)17/h4-6,11H,14H2,1-3H3,(H,16,17). The molecule has 1 unspecified atom stereocenters. The number of hydrogen-bond donors (Lipinski definition) is 2. The Hall–Kier alpha value is -1.81. The van der Waals surface area contributed by atoms with Gasteiger partial charge in [-0.25, -0.2) is 0 Å². The number of benzene rings is 1. The Balaban J connectivity index is 2.83. The summed E-state index contributed by atoms with van der Waals surface area (Å²) in [7, 11) is 1.91. The van der Waals surface area contributed by atoms with Crippen LogP contribution >= 0.6 is 0 Å². The van der Waals surface area contributed by atoms with Crippen LogP contribution in [0, 0.1) is 13.8 Å². The Labute approximate surface area is 99.7 Å². The zero-order valence-corrected chi connectivity index (χ0v) is 10.2. The summed E-state index contributed by atoms with van der Waals surface area (Å²) in [6, 6.07) is 3.06. The predicted molar refractivity (Wildman–Crippen MR) is 67.0 cm³/mol. The monoisotopic (exact) mass is 232 g/mol. The van der Waals surface area contributed by atoms with Crippen LogP contribution in [0.2, 0.25) is 0 Å². The number of nitrogens with two attached hydrogens (primary N) is 1. The molecule has 4 heteroatoms. The summed E-state index contributed by atoms with van der Waals surface area (Å²) in [5.41, 5.74) is 9.63. The molecular weight excluding hydrogens is 216 g/mol. The summed E-state index contributed by atoms with van der Waals surface area (Å²) >= 11 is 0. The Kier molecular flexibility index (Phi) is 2.67. The molecule has 1 aromatic carbocycles. The Bertz CT molecular complexity index is 599. The average molecular weight is 232 g/mol. The fourth-order valence-electron chi connectivity index (χ4n) is 2.32. The number of aryl methyl sites for hydroxylation is 3. The fourth-order valence-corrected chi connectivity index (χ4v) is 2.32. The van der Waals surface area contributed by atoms with Crippen molar-refractivity contribution in [1.29, 1.82) is 0 Å². The SMILES string of the molecule is Cc1ccc(C)c2c1c(C(N)C(=O)O)cn2C. The zero-order valence-electron chi connectivity index (χ0n) is 10.2. The summed E-state index contributed by atoms with van der Waals surface area (Å²) in [5, 5.41) is 9.99. The van der Waals surface area contributed by atoms with Gasteiger partial charge in [-0.1, -0.05) is 12.1 Å². The number of carboxylic acid groups (broad SMARTS) is 1. The number of aromatic nitrogens is 1. The Morgan fingerprint density at radius 3 is 2.53 bits per heavy atom. The maximum Gasteiger partial charge on any atom is 0.325 e. The van der Waals surface area contributed by atoms with Gasteiger partial charge in [0.15, 0.2) is 0 Å². The van der Waals surface area contributed by atoms with E-state index in [0.717, 1.165) is 22.0 Å². The number of hydrogen-bond acceptors (Lipinski definition) is 2. The van der Waals surface area contributed by atoms with Crippen molar-refractivity contribution in [2.45, 2.75) is 19.9 Å². The molecule has 90 valence electrons. The third-order valence-electron chi connectivity index (χ3n) is 3.16. The van der Waals surface area contributed by atoms with E-state index in [2.05, 4.69) is 0 Å². The van der Waals surface area contributed by atoms with Crippen LogP contribution in [0.1, 0.15) is 22.7 Å². The summed E-state index contributed by atoms with van der Waals surface area (Å²) in [6.07, 6.45) is 1.81. The van der Waals surface area contributed by atoms with E-state index in [1.807, 2.05) is 43.8 Å². The van der Waals surface area contributed by atoms with Gasteiger partial charge in [-0.15, -0.1) is 0 Å². The van der Waals surface area contributed by atoms with Crippen molar-refractivity contribution in [2.24, 2.45) is 12.8 Å². The molecule has 0 aliphatic heterocycles. The molecular formula is C13H16N2O2. The molecule has 1 atom stereocenters. The van der Waals surface area contributed by atoms with Gasteiger partial charge >= 0.3 is 5.97 Å². The maximum atomic E-state index is 11.0. The zero-order chi connectivity index (χ0) is 12.7. The first-order valence-corrected chi connectivity index (χ1v) is 5.47. The van der Waals surface area contributed by atoms with E-state index in [9.17, 15) is 4.79 Å². The van der Waals surface area contributed by atoms with Crippen LogP contribution in [0.25, 0.3) is 10.9 Å². The van der Waals surface area contributed by atoms with Crippen molar-refractivity contribution in [1.82, 2.24) is 4.57 Å². The van der Waals surface area contributed by atoms with Crippen LogP contribution in [0.4, 0.5) is 0 Å². The van der Waals surface area contributed by atoms with Crippen LogP contribution in [-0.2, 0) is 11.8 Å². The maximum absolute atomic E-state index is 11.0. The van der Waals surface area contributed by atoms with E-state index in [1.54, 1.807) is 0 Å². The molecule has 0 amide bonds. The van der Waals surface area contributed by atoms with Crippen molar-refractivity contribution in [3.8, 4) is 0 Å². The lowest BCUT2D eigenvalue weighted by Gasteiger charge is -2.07. The second kappa shape index (κ2) is 3.89. The summed E-state index contributed by atoms with van der Waals surface area (Å²) in [4.78, 5) is 11.0. The Morgan fingerprint density at radius 1 is 1.35 bits per heavy atom. The molecule has 0 bridgehead atoms. The Morgan fingerprint density at radius 2 is 1.94 bits per heavy atom. The predicted octanol–water partition coefficient (Wildman–Crippen LogP) is 1.88. The highest BCUT2D eigenvalue weighted by Crippen LogP contribution is 2.30. The van der Waals surface area contributed by atoms with Gasteiger partial charge in [0.05, 0.1) is 5.52 Å². The summed E-state index contributed by atoms with van der Waals surface area (Å²) in [5.74, 6) is -1.00. The van der Waals surface area contributed by atoms with E-state index in [4.69, 9.17) is 10.8 Å². The second-order valence-corrected chi connectivity index (χ2v) is 4.43. The van der Waals surface area contributed by atoms with Gasteiger partial charge in [-0.05, 0) is 25.0 Å². The molecule has 2 aromatic rings. The van der Waals surface area contributed by atoms with E-state index >= 15 is 0 Å². The molecule has 0 spiro atoms. The number of carbonyl (C=O) groups is 1. The minimum Gasteiger partial charge on any atom is -0.480 e. The summed E-state index contributed by atoms with van der Waals surface area (Å²) < 4.78 is 1.94. The lowest BCUT2D eigenvalue weighted by molar-refractivity contribution is -0.138. The van der Waals surface area contributed by atoms with Crippen molar-refractivity contribution in [3.63, 3.8) is 0 Å². The van der Waals surface area contributed by atoms with E-state index in [0.29, 0.717) is 5.56 Å². The van der Waals surface area contributed by atoms with Crippen molar-refractivity contribution < 1.29 is 9.90 Å². The summed E-state index contributed by atoms with van der Waals surface area (Å²) in [6.45, 7) is 3.98. The van der Waals surface area contributed by atoms with Gasteiger partial charge in [-0.2, -0.15) is 0 Å². The van der Waals surface area contributed by atoms with Gasteiger partial charge in [0.1, 0.15) is 6.04 Å². The van der Waals surface area contributed by atoms with Gasteiger partial charge in [0.2, 0.25) is 0 Å². The molecule has 0 saturated carbocycles. The van der Waals surface area contributed by atoms with Gasteiger partial charge in [0.25, 0.3) is 0 Å². The number of nitrogens with zero attached hydrogens (tertiary/aromatic N) is 1. The van der Waals surface area contributed by atoms with Gasteiger partial charge < -0.3 is 15.4 Å². The third-order valence-corrected chi connectivity index (χ3v) is 3.16. The van der Waals surface area contributed by atoms with Crippen molar-refractivity contribution in [3.05, 3.63) is 35.0 Å². The number of carboxylic acids is 1. The highest BCUT2D eigenvalue weighted by atomic mass is 16.4. The molecule has 1 aromatic heterocycles. The number of aliphatic carboxylic acids is 1. The highest BCUT2D eigenvalue weighted by Gasteiger charge is 2.21. The largest absolute Gasteiger partial charge is 0.480 e. The molecule has 0 saturated heterocycles. The minimum atomic E-state index is -1.00. The number of rotatable bonds is 2. The highest BCUT2D eigenvalue weighted by molar-refractivity contribution is 5.93.